The van der Waals surface area contributed by atoms with Gasteiger partial charge in [0, 0.05) is 19.1 Å². The quantitative estimate of drug-likeness (QED) is 0.505. The molecule has 1 heterocycles. The summed E-state index contributed by atoms with van der Waals surface area (Å²) in [5.74, 6) is 0. The van der Waals surface area contributed by atoms with E-state index in [9.17, 15) is 0 Å². The van der Waals surface area contributed by atoms with Crippen LogP contribution in [0.25, 0.3) is 0 Å². The minimum absolute atomic E-state index is 0.329. The van der Waals surface area contributed by atoms with Crippen LogP contribution in [0.15, 0.2) is 0 Å². The highest BCUT2D eigenvalue weighted by atomic mass is 16.7. The Kier molecular flexibility index (Phi) is 1.83. The summed E-state index contributed by atoms with van der Waals surface area (Å²) in [4.78, 5) is 4.93. The van der Waals surface area contributed by atoms with E-state index in [4.69, 9.17) is 10.6 Å². The minimum Gasteiger partial charge on any atom is -0.326 e. The lowest BCUT2D eigenvalue weighted by molar-refractivity contribution is -0.112. The molecule has 0 bridgehead atoms. The maximum absolute atomic E-state index is 5.58. The van der Waals surface area contributed by atoms with E-state index in [-0.39, 0.29) is 0 Å². The van der Waals surface area contributed by atoms with Crippen LogP contribution >= 0.6 is 0 Å². The molecular weight excluding hydrogens is 104 g/mol. The van der Waals surface area contributed by atoms with Gasteiger partial charge in [0.2, 0.25) is 0 Å². The smallest absolute Gasteiger partial charge is 0.0575 e. The SMILES string of the molecule is CON1CC[C@@H](N)C1. The van der Waals surface area contributed by atoms with Gasteiger partial charge in [0.05, 0.1) is 7.11 Å². The van der Waals surface area contributed by atoms with Crippen molar-refractivity contribution in [2.75, 3.05) is 20.2 Å². The number of hydroxylamine groups is 2. The van der Waals surface area contributed by atoms with Crippen LogP contribution in [-0.4, -0.2) is 31.3 Å². The average molecular weight is 116 g/mol. The van der Waals surface area contributed by atoms with E-state index in [1.54, 1.807) is 7.11 Å². The molecule has 0 saturated carbocycles. The van der Waals surface area contributed by atoms with E-state index in [2.05, 4.69) is 0 Å². The summed E-state index contributed by atoms with van der Waals surface area (Å²) < 4.78 is 0. The standard InChI is InChI=1S/C5H12N2O/c1-8-7-3-2-5(6)4-7/h5H,2-4,6H2,1H3/t5-/m1/s1. The van der Waals surface area contributed by atoms with Crippen LogP contribution in [-0.2, 0) is 4.84 Å². The molecular formula is C5H12N2O. The number of nitrogens with two attached hydrogens (primary N) is 1. The monoisotopic (exact) mass is 116 g/mol. The Morgan fingerprint density at radius 3 is 2.75 bits per heavy atom. The largest absolute Gasteiger partial charge is 0.326 e. The Labute approximate surface area is 49.4 Å². The Balaban J connectivity index is 2.22. The molecule has 1 fully saturated rings. The van der Waals surface area contributed by atoms with Crippen molar-refractivity contribution in [1.29, 1.82) is 0 Å². The predicted octanol–water partition coefficient (Wildman–Crippen LogP) is -0.419. The third-order valence-corrected chi connectivity index (χ3v) is 1.45. The second kappa shape index (κ2) is 2.44. The molecule has 0 aliphatic carbocycles. The van der Waals surface area contributed by atoms with Crippen LogP contribution in [0.4, 0.5) is 0 Å². The lowest BCUT2D eigenvalue weighted by atomic mass is 10.3. The highest BCUT2D eigenvalue weighted by molar-refractivity contribution is 4.72. The summed E-state index contributed by atoms with van der Waals surface area (Å²) in [6.45, 7) is 1.87. The van der Waals surface area contributed by atoms with Crippen LogP contribution in [0.3, 0.4) is 0 Å². The van der Waals surface area contributed by atoms with Crippen molar-refractivity contribution in [2.24, 2.45) is 5.73 Å². The van der Waals surface area contributed by atoms with Crippen molar-refractivity contribution >= 4 is 0 Å². The van der Waals surface area contributed by atoms with Gasteiger partial charge in [-0.3, -0.25) is 0 Å². The van der Waals surface area contributed by atoms with Crippen molar-refractivity contribution in [1.82, 2.24) is 5.06 Å². The van der Waals surface area contributed by atoms with E-state index in [1.165, 1.54) is 0 Å². The Morgan fingerprint density at radius 1 is 1.75 bits per heavy atom. The molecule has 1 aliphatic heterocycles. The summed E-state index contributed by atoms with van der Waals surface area (Å²) in [5.41, 5.74) is 5.58. The van der Waals surface area contributed by atoms with Gasteiger partial charge >= 0.3 is 0 Å². The second-order valence-corrected chi connectivity index (χ2v) is 2.12. The zero-order valence-corrected chi connectivity index (χ0v) is 5.13. The van der Waals surface area contributed by atoms with E-state index in [0.29, 0.717) is 6.04 Å². The third-order valence-electron chi connectivity index (χ3n) is 1.45. The van der Waals surface area contributed by atoms with Crippen LogP contribution in [0.5, 0.6) is 0 Å². The number of nitrogens with zero attached hydrogens (tertiary/aromatic N) is 1. The van der Waals surface area contributed by atoms with Gasteiger partial charge in [-0.15, -0.1) is 0 Å². The Bertz CT molecular complexity index is 76.8. The van der Waals surface area contributed by atoms with Gasteiger partial charge in [-0.05, 0) is 6.42 Å². The molecule has 0 aromatic carbocycles. The molecule has 3 heteroatoms. The van der Waals surface area contributed by atoms with E-state index in [1.807, 2.05) is 5.06 Å². The molecule has 1 saturated heterocycles. The van der Waals surface area contributed by atoms with Gasteiger partial charge in [-0.2, -0.15) is 5.06 Å². The number of hydrogen-bond donors (Lipinski definition) is 1. The first-order chi connectivity index (χ1) is 3.83. The number of rotatable bonds is 1. The maximum atomic E-state index is 5.58. The predicted molar refractivity (Wildman–Crippen MR) is 31.2 cm³/mol. The van der Waals surface area contributed by atoms with Gasteiger partial charge in [-0.25, -0.2) is 0 Å². The third kappa shape index (κ3) is 1.18. The molecule has 1 rings (SSSR count). The molecule has 2 N–H and O–H groups in total. The summed E-state index contributed by atoms with van der Waals surface area (Å²) in [5, 5.41) is 1.88. The van der Waals surface area contributed by atoms with E-state index in [0.717, 1.165) is 19.5 Å². The van der Waals surface area contributed by atoms with Crippen molar-refractivity contribution < 1.29 is 4.84 Å². The van der Waals surface area contributed by atoms with E-state index < -0.39 is 0 Å². The lowest BCUT2D eigenvalue weighted by Gasteiger charge is -2.09. The number of hydrogen-bond acceptors (Lipinski definition) is 3. The van der Waals surface area contributed by atoms with E-state index >= 15 is 0 Å². The summed E-state index contributed by atoms with van der Waals surface area (Å²) in [7, 11) is 1.68. The fraction of sp³-hybridized carbons (Fsp3) is 1.00. The zero-order valence-electron chi connectivity index (χ0n) is 5.13. The van der Waals surface area contributed by atoms with Crippen LogP contribution < -0.4 is 5.73 Å². The first-order valence-electron chi connectivity index (χ1n) is 2.87. The van der Waals surface area contributed by atoms with Gasteiger partial charge < -0.3 is 10.6 Å². The molecule has 0 radical (unpaired) electrons. The molecule has 8 heavy (non-hydrogen) atoms. The highest BCUT2D eigenvalue weighted by Gasteiger charge is 2.17. The first-order valence-corrected chi connectivity index (χ1v) is 2.87. The van der Waals surface area contributed by atoms with Crippen molar-refractivity contribution in [3.8, 4) is 0 Å². The second-order valence-electron chi connectivity index (χ2n) is 2.12. The zero-order chi connectivity index (χ0) is 5.98. The van der Waals surface area contributed by atoms with Gasteiger partial charge in [-0.1, -0.05) is 0 Å². The molecule has 0 aromatic heterocycles. The molecule has 0 aromatic rings. The average Bonchev–Trinajstić information content (AvgIpc) is 2.14. The molecule has 0 unspecified atom stereocenters. The van der Waals surface area contributed by atoms with Gasteiger partial charge in [0.25, 0.3) is 0 Å². The maximum Gasteiger partial charge on any atom is 0.0575 e. The van der Waals surface area contributed by atoms with Gasteiger partial charge in [0.1, 0.15) is 0 Å². The van der Waals surface area contributed by atoms with Crippen LogP contribution in [0.2, 0.25) is 0 Å². The molecule has 0 amide bonds. The van der Waals surface area contributed by atoms with Gasteiger partial charge in [0.15, 0.2) is 0 Å². The van der Waals surface area contributed by atoms with Crippen molar-refractivity contribution in [2.45, 2.75) is 12.5 Å². The fourth-order valence-corrected chi connectivity index (χ4v) is 0.920. The fourth-order valence-electron chi connectivity index (χ4n) is 0.920. The summed E-state index contributed by atoms with van der Waals surface area (Å²) in [6.07, 6.45) is 1.06. The van der Waals surface area contributed by atoms with Crippen molar-refractivity contribution in [3.63, 3.8) is 0 Å². The molecule has 3 nitrogen and oxygen atoms in total. The summed E-state index contributed by atoms with van der Waals surface area (Å²) >= 11 is 0. The lowest BCUT2D eigenvalue weighted by Crippen LogP contribution is -2.25. The van der Waals surface area contributed by atoms with Crippen molar-refractivity contribution in [3.05, 3.63) is 0 Å². The molecule has 1 aliphatic rings. The van der Waals surface area contributed by atoms with Crippen LogP contribution in [0, 0.1) is 0 Å². The molecule has 0 spiro atoms. The van der Waals surface area contributed by atoms with Crippen LogP contribution in [0.1, 0.15) is 6.42 Å². The molecule has 48 valence electrons. The summed E-state index contributed by atoms with van der Waals surface area (Å²) in [6, 6.07) is 0.329. The highest BCUT2D eigenvalue weighted by Crippen LogP contribution is 2.04. The Hall–Kier alpha value is -0.120. The normalized spacial score (nSPS) is 31.5. The minimum atomic E-state index is 0.329. The topological polar surface area (TPSA) is 38.5 Å². The first kappa shape index (κ1) is 6.01. The Morgan fingerprint density at radius 2 is 2.50 bits per heavy atom. The molecule has 1 atom stereocenters.